The monoisotopic (exact) mass is 474 g/mol. The van der Waals surface area contributed by atoms with Crippen LogP contribution in [0.4, 0.5) is 4.39 Å². The number of halogens is 1. The second-order valence-corrected chi connectivity index (χ2v) is 10.3. The average Bonchev–Trinajstić information content (AvgIpc) is 3.37. The Morgan fingerprint density at radius 2 is 1.82 bits per heavy atom. The number of nitrogens with one attached hydrogen (secondary N) is 1. The van der Waals surface area contributed by atoms with Crippen LogP contribution in [0.25, 0.3) is 11.3 Å². The third-order valence-corrected chi connectivity index (χ3v) is 5.63. The predicted octanol–water partition coefficient (Wildman–Crippen LogP) is 2.38. The molecule has 188 valence electrons. The van der Waals surface area contributed by atoms with Gasteiger partial charge in [-0.3, -0.25) is 14.3 Å². The fourth-order valence-corrected chi connectivity index (χ4v) is 3.68. The molecule has 2 aromatic rings. The number of carbonyl (C=O) groups excluding carboxylic acids is 2. The molecule has 2 atom stereocenters. The first-order chi connectivity index (χ1) is 15.8. The van der Waals surface area contributed by atoms with Crippen molar-refractivity contribution in [3.8, 4) is 11.3 Å². The summed E-state index contributed by atoms with van der Waals surface area (Å²) >= 11 is 0. The molecule has 9 heteroatoms. The van der Waals surface area contributed by atoms with E-state index in [1.165, 1.54) is 10.9 Å². The Morgan fingerprint density at radius 1 is 1.24 bits per heavy atom. The van der Waals surface area contributed by atoms with E-state index in [4.69, 9.17) is 5.73 Å². The number of hydrogen-bond donors (Lipinski definition) is 2. The third-order valence-electron chi connectivity index (χ3n) is 5.63. The Balaban J connectivity index is 0.000000945. The highest BCUT2D eigenvalue weighted by molar-refractivity contribution is 5.90. The van der Waals surface area contributed by atoms with Gasteiger partial charge in [0, 0.05) is 25.7 Å². The van der Waals surface area contributed by atoms with Crippen molar-refractivity contribution in [2.24, 2.45) is 18.2 Å². The van der Waals surface area contributed by atoms with Gasteiger partial charge in [0.1, 0.15) is 11.7 Å². The fraction of sp³-hybridized carbons (Fsp3) is 0.560. The molecule has 1 aliphatic rings. The molecular formula is C25H39FN6O2. The zero-order chi connectivity index (χ0) is 25.6. The number of nitrogens with two attached hydrogens (primary N) is 1. The maximum absolute atomic E-state index is 13.9. The first-order valence-electron chi connectivity index (χ1n) is 11.5. The van der Waals surface area contributed by atoms with Crippen LogP contribution in [0.1, 0.15) is 39.2 Å². The van der Waals surface area contributed by atoms with Gasteiger partial charge in [-0.25, -0.2) is 4.39 Å². The van der Waals surface area contributed by atoms with Crippen molar-refractivity contribution in [2.45, 2.75) is 52.2 Å². The lowest BCUT2D eigenvalue weighted by molar-refractivity contribution is -0.141. The van der Waals surface area contributed by atoms with Gasteiger partial charge in [-0.1, -0.05) is 45.0 Å². The number of hydrogen-bond acceptors (Lipinski definition) is 5. The quantitative estimate of drug-likeness (QED) is 0.694. The van der Waals surface area contributed by atoms with E-state index in [9.17, 15) is 14.0 Å². The zero-order valence-corrected chi connectivity index (χ0v) is 21.4. The standard InChI is InChI=1S/C22H30FN5O2.C3H9N/c1-22(2,3)19(24)21(30)28-11-5-6-17(28)20(29)25-12-14-7-9-15(10-8-14)18-16(23)13-26-27(18)4;1-4(2)3/h7-10,13,17,19H,5-6,11-12,24H2,1-4H3,(H,25,29);1-3H3. The molecule has 1 aromatic carbocycles. The highest BCUT2D eigenvalue weighted by Gasteiger charge is 2.39. The fourth-order valence-electron chi connectivity index (χ4n) is 3.68. The molecule has 1 aromatic heterocycles. The molecule has 0 bridgehead atoms. The van der Waals surface area contributed by atoms with Crippen LogP contribution in [0.3, 0.4) is 0 Å². The molecule has 3 N–H and O–H groups in total. The molecule has 2 unspecified atom stereocenters. The van der Waals surface area contributed by atoms with Crippen LogP contribution >= 0.6 is 0 Å². The Bertz CT molecular complexity index is 943. The molecular weight excluding hydrogens is 435 g/mol. The summed E-state index contributed by atoms with van der Waals surface area (Å²) in [6.45, 7) is 6.63. The highest BCUT2D eigenvalue weighted by atomic mass is 19.1. The van der Waals surface area contributed by atoms with Gasteiger partial charge in [0.05, 0.1) is 12.2 Å². The molecule has 1 fully saturated rings. The average molecular weight is 475 g/mol. The Hall–Kier alpha value is -2.78. The van der Waals surface area contributed by atoms with Crippen LogP contribution in [-0.2, 0) is 23.2 Å². The normalized spacial score (nSPS) is 16.8. The van der Waals surface area contributed by atoms with Gasteiger partial charge < -0.3 is 20.9 Å². The van der Waals surface area contributed by atoms with E-state index in [0.29, 0.717) is 30.8 Å². The lowest BCUT2D eigenvalue weighted by atomic mass is 9.86. The van der Waals surface area contributed by atoms with Crippen LogP contribution in [0, 0.1) is 11.2 Å². The summed E-state index contributed by atoms with van der Waals surface area (Å²) in [6.07, 6.45) is 2.60. The Morgan fingerprint density at radius 3 is 2.32 bits per heavy atom. The number of likely N-dealkylation sites (tertiary alicyclic amines) is 1. The molecule has 2 heterocycles. The summed E-state index contributed by atoms with van der Waals surface area (Å²) in [5.74, 6) is -0.732. The second kappa shape index (κ2) is 11.6. The molecule has 8 nitrogen and oxygen atoms in total. The van der Waals surface area contributed by atoms with Crippen molar-refractivity contribution in [1.29, 1.82) is 0 Å². The highest BCUT2D eigenvalue weighted by Crippen LogP contribution is 2.25. The maximum atomic E-state index is 13.9. The lowest BCUT2D eigenvalue weighted by Crippen LogP contribution is -2.54. The van der Waals surface area contributed by atoms with Crippen molar-refractivity contribution < 1.29 is 14.0 Å². The molecule has 1 aliphatic heterocycles. The molecule has 1 saturated heterocycles. The van der Waals surface area contributed by atoms with Crippen LogP contribution in [0.5, 0.6) is 0 Å². The molecule has 3 rings (SSSR count). The first-order valence-corrected chi connectivity index (χ1v) is 11.5. The minimum atomic E-state index is -0.647. The van der Waals surface area contributed by atoms with Crippen molar-refractivity contribution in [3.63, 3.8) is 0 Å². The van der Waals surface area contributed by atoms with Gasteiger partial charge >= 0.3 is 0 Å². The van der Waals surface area contributed by atoms with Crippen molar-refractivity contribution in [2.75, 3.05) is 27.7 Å². The van der Waals surface area contributed by atoms with E-state index in [0.717, 1.165) is 12.0 Å². The topological polar surface area (TPSA) is 96.5 Å². The van der Waals surface area contributed by atoms with E-state index in [1.54, 1.807) is 24.1 Å². The van der Waals surface area contributed by atoms with Gasteiger partial charge in [-0.05, 0) is 45.0 Å². The molecule has 0 saturated carbocycles. The van der Waals surface area contributed by atoms with E-state index in [1.807, 2.05) is 58.9 Å². The SMILES string of the molecule is CN(C)C.Cn1ncc(F)c1-c1ccc(CNC(=O)C2CCCN2C(=O)C(N)C(C)(C)C)cc1. The zero-order valence-electron chi connectivity index (χ0n) is 21.4. The van der Waals surface area contributed by atoms with Gasteiger partial charge in [0.2, 0.25) is 11.8 Å². The minimum Gasteiger partial charge on any atom is -0.350 e. The molecule has 0 spiro atoms. The number of rotatable bonds is 5. The van der Waals surface area contributed by atoms with Crippen LogP contribution in [0.15, 0.2) is 30.5 Å². The van der Waals surface area contributed by atoms with Crippen molar-refractivity contribution in [3.05, 3.63) is 41.8 Å². The lowest BCUT2D eigenvalue weighted by Gasteiger charge is -2.32. The summed E-state index contributed by atoms with van der Waals surface area (Å²) < 4.78 is 15.4. The summed E-state index contributed by atoms with van der Waals surface area (Å²) in [5.41, 5.74) is 7.77. The molecule has 2 amide bonds. The van der Waals surface area contributed by atoms with Crippen LogP contribution in [-0.4, -0.2) is 71.2 Å². The van der Waals surface area contributed by atoms with Gasteiger partial charge in [-0.2, -0.15) is 5.10 Å². The number of aromatic nitrogens is 2. The van der Waals surface area contributed by atoms with E-state index >= 15 is 0 Å². The van der Waals surface area contributed by atoms with Crippen LogP contribution < -0.4 is 11.1 Å². The Labute approximate surface area is 202 Å². The van der Waals surface area contributed by atoms with Gasteiger partial charge in [-0.15, -0.1) is 0 Å². The maximum Gasteiger partial charge on any atom is 0.243 e. The summed E-state index contributed by atoms with van der Waals surface area (Å²) in [6, 6.07) is 6.15. The third kappa shape index (κ3) is 7.11. The number of carbonyl (C=O) groups is 2. The molecule has 0 aliphatic carbocycles. The van der Waals surface area contributed by atoms with Gasteiger partial charge in [0.25, 0.3) is 0 Å². The number of benzene rings is 1. The summed E-state index contributed by atoms with van der Waals surface area (Å²) in [4.78, 5) is 29.1. The molecule has 0 radical (unpaired) electrons. The largest absolute Gasteiger partial charge is 0.350 e. The number of nitrogens with zero attached hydrogens (tertiary/aromatic N) is 4. The van der Waals surface area contributed by atoms with Crippen LogP contribution in [0.2, 0.25) is 0 Å². The van der Waals surface area contributed by atoms with Gasteiger partial charge in [0.15, 0.2) is 5.82 Å². The second-order valence-electron chi connectivity index (χ2n) is 10.3. The first kappa shape index (κ1) is 27.5. The van der Waals surface area contributed by atoms with Crippen molar-refractivity contribution >= 4 is 11.8 Å². The minimum absolute atomic E-state index is 0.177. The number of aryl methyl sites for hydroxylation is 1. The summed E-state index contributed by atoms with van der Waals surface area (Å²) in [5, 5.41) is 6.83. The number of amides is 2. The Kier molecular flexibility index (Phi) is 9.35. The smallest absolute Gasteiger partial charge is 0.243 e. The van der Waals surface area contributed by atoms with E-state index < -0.39 is 12.1 Å². The van der Waals surface area contributed by atoms with Crippen molar-refractivity contribution in [1.82, 2.24) is 24.9 Å². The van der Waals surface area contributed by atoms with E-state index in [-0.39, 0.29) is 23.0 Å². The molecule has 34 heavy (non-hydrogen) atoms. The van der Waals surface area contributed by atoms with E-state index in [2.05, 4.69) is 10.4 Å². The summed E-state index contributed by atoms with van der Waals surface area (Å²) in [7, 11) is 7.69. The predicted molar refractivity (Wildman–Crippen MR) is 132 cm³/mol.